The molecule has 6 atom stereocenters. The molecule has 41 heavy (non-hydrogen) atoms. The van der Waals surface area contributed by atoms with Gasteiger partial charge in [-0.1, -0.05) is 37.3 Å². The lowest BCUT2D eigenvalue weighted by Crippen LogP contribution is -2.68. The zero-order valence-corrected chi connectivity index (χ0v) is 23.7. The fourth-order valence-electron chi connectivity index (χ4n) is 4.55. The highest BCUT2D eigenvalue weighted by Crippen LogP contribution is 2.34. The molecule has 226 valence electrons. The Hall–Kier alpha value is -3.01. The van der Waals surface area contributed by atoms with Gasteiger partial charge in [0.05, 0.1) is 24.9 Å². The molecule has 3 rings (SSSR count). The Morgan fingerprint density at radius 2 is 1.80 bits per heavy atom. The van der Waals surface area contributed by atoms with Crippen LogP contribution in [0.25, 0.3) is 0 Å². The number of rotatable bonds is 16. The van der Waals surface area contributed by atoms with Gasteiger partial charge in [0, 0.05) is 26.4 Å². The van der Waals surface area contributed by atoms with Gasteiger partial charge in [0.2, 0.25) is 5.91 Å². The first-order valence-electron chi connectivity index (χ1n) is 13.3. The summed E-state index contributed by atoms with van der Waals surface area (Å²) in [5.41, 5.74) is -0.716. The lowest BCUT2D eigenvalue weighted by atomic mass is 9.88. The molecule has 0 spiro atoms. The number of aliphatic carboxylic acids is 1. The molecule has 0 radical (unpaired) electrons. The molecule has 2 aromatic rings. The van der Waals surface area contributed by atoms with E-state index in [0.717, 1.165) is 11.3 Å². The van der Waals surface area contributed by atoms with Crippen LogP contribution in [0.15, 0.2) is 39.9 Å². The number of hydrogen-bond acceptors (Lipinski definition) is 12. The largest absolute Gasteiger partial charge is 0.477 e. The second kappa shape index (κ2) is 14.8. The first-order valence-corrected chi connectivity index (χ1v) is 14.4. The summed E-state index contributed by atoms with van der Waals surface area (Å²) < 4.78 is 11.3. The maximum absolute atomic E-state index is 12.2. The lowest BCUT2D eigenvalue weighted by Gasteiger charge is -2.46. The van der Waals surface area contributed by atoms with Gasteiger partial charge in [-0.3, -0.25) is 14.4 Å². The summed E-state index contributed by atoms with van der Waals surface area (Å²) >= 11 is 1.64. The Kier molecular flexibility index (Phi) is 11.7. The van der Waals surface area contributed by atoms with E-state index in [0.29, 0.717) is 12.2 Å². The average Bonchev–Trinajstić information content (AvgIpc) is 2.95. The summed E-state index contributed by atoms with van der Waals surface area (Å²) in [5.74, 6) is -2.88. The molecular weight excluding hydrogens is 558 g/mol. The van der Waals surface area contributed by atoms with Crippen LogP contribution in [0, 0.1) is 0 Å². The van der Waals surface area contributed by atoms with Crippen molar-refractivity contribution < 1.29 is 39.5 Å². The van der Waals surface area contributed by atoms with Gasteiger partial charge in [-0.25, -0.2) is 4.79 Å². The minimum absolute atomic E-state index is 0.00714. The molecule has 1 heterocycles. The van der Waals surface area contributed by atoms with Gasteiger partial charge in [-0.05, 0) is 23.5 Å². The van der Waals surface area contributed by atoms with Gasteiger partial charge < -0.3 is 45.9 Å². The van der Waals surface area contributed by atoms with Crippen molar-refractivity contribution in [3.63, 3.8) is 0 Å². The van der Waals surface area contributed by atoms with Crippen LogP contribution in [0.5, 0.6) is 0 Å². The molecule has 7 N–H and O–H groups in total. The standard InChI is InChI=1S/C27H37N3O10S/c1-3-41-11-7-10-39-27(26(37)38)12-17(32)19(30-15(2)31)25(40-27)22(34)18(33)14-29-21-20(23(35)24(21)36)28-13-16-8-5-4-6-9-16/h4-6,8-9,17-19,22,25,28-29,32-34H,3,7,10-14H2,1-2H3,(H,30,31)(H,37,38)/t17?,18-,19-,22?,25-,27-/m1/s1. The Bertz CT molecular complexity index is 1240. The number of carboxylic acid groups (broad SMARTS) is 1. The monoisotopic (exact) mass is 595 g/mol. The van der Waals surface area contributed by atoms with E-state index in [-0.39, 0.29) is 24.5 Å². The molecule has 1 saturated heterocycles. The number of hydrogen-bond donors (Lipinski definition) is 7. The van der Waals surface area contributed by atoms with E-state index < -0.39 is 71.9 Å². The van der Waals surface area contributed by atoms with Crippen LogP contribution in [-0.4, -0.2) is 93.2 Å². The number of aliphatic hydroxyl groups excluding tert-OH is 3. The predicted molar refractivity (Wildman–Crippen MR) is 153 cm³/mol. The maximum Gasteiger partial charge on any atom is 0.364 e. The van der Waals surface area contributed by atoms with Gasteiger partial charge >= 0.3 is 5.97 Å². The predicted octanol–water partition coefficient (Wildman–Crippen LogP) is -0.376. The molecule has 0 aromatic heterocycles. The Morgan fingerprint density at radius 3 is 2.41 bits per heavy atom. The number of carboxylic acids is 1. The third-order valence-corrected chi connectivity index (χ3v) is 7.67. The molecule has 1 fully saturated rings. The van der Waals surface area contributed by atoms with Crippen LogP contribution in [0.3, 0.4) is 0 Å². The van der Waals surface area contributed by atoms with E-state index in [1.54, 1.807) is 11.8 Å². The molecule has 0 aliphatic carbocycles. The molecule has 1 aliphatic heterocycles. The molecule has 0 bridgehead atoms. The van der Waals surface area contributed by atoms with Gasteiger partial charge in [0.25, 0.3) is 16.6 Å². The second-order valence-electron chi connectivity index (χ2n) is 9.72. The minimum Gasteiger partial charge on any atom is -0.477 e. The molecular formula is C27H37N3O10S. The van der Waals surface area contributed by atoms with Crippen molar-refractivity contribution in [1.82, 2.24) is 5.32 Å². The number of carbonyl (C=O) groups excluding carboxylic acids is 1. The summed E-state index contributed by atoms with van der Waals surface area (Å²) in [7, 11) is 0. The Balaban J connectivity index is 1.72. The van der Waals surface area contributed by atoms with Crippen LogP contribution >= 0.6 is 11.8 Å². The Morgan fingerprint density at radius 1 is 1.15 bits per heavy atom. The molecule has 2 aromatic carbocycles. The first kappa shape index (κ1) is 32.5. The van der Waals surface area contributed by atoms with Crippen molar-refractivity contribution in [3.8, 4) is 0 Å². The van der Waals surface area contributed by atoms with Crippen LogP contribution in [-0.2, 0) is 25.6 Å². The summed E-state index contributed by atoms with van der Waals surface area (Å²) in [5, 5.41) is 50.6. The van der Waals surface area contributed by atoms with Crippen LogP contribution in [0.4, 0.5) is 11.4 Å². The highest BCUT2D eigenvalue weighted by Gasteiger charge is 2.55. The van der Waals surface area contributed by atoms with Gasteiger partial charge in [-0.2, -0.15) is 11.8 Å². The van der Waals surface area contributed by atoms with Gasteiger partial charge in [0.1, 0.15) is 23.6 Å². The van der Waals surface area contributed by atoms with E-state index in [2.05, 4.69) is 16.0 Å². The molecule has 1 amide bonds. The van der Waals surface area contributed by atoms with Crippen LogP contribution < -0.4 is 26.8 Å². The fourth-order valence-corrected chi connectivity index (χ4v) is 5.16. The second-order valence-corrected chi connectivity index (χ2v) is 11.1. The van der Waals surface area contributed by atoms with Gasteiger partial charge in [-0.15, -0.1) is 0 Å². The van der Waals surface area contributed by atoms with Crippen LogP contribution in [0.2, 0.25) is 0 Å². The highest BCUT2D eigenvalue weighted by molar-refractivity contribution is 7.99. The zero-order valence-electron chi connectivity index (χ0n) is 22.9. The Labute approximate surface area is 240 Å². The molecule has 13 nitrogen and oxygen atoms in total. The van der Waals surface area contributed by atoms with Crippen molar-refractivity contribution in [3.05, 3.63) is 56.3 Å². The quantitative estimate of drug-likeness (QED) is 0.0978. The average molecular weight is 596 g/mol. The number of benzene rings is 1. The summed E-state index contributed by atoms with van der Waals surface area (Å²) in [6.45, 7) is 2.98. The number of nitrogens with one attached hydrogen (secondary N) is 3. The van der Waals surface area contributed by atoms with Crippen molar-refractivity contribution in [2.24, 2.45) is 0 Å². The molecule has 0 saturated carbocycles. The maximum atomic E-state index is 12.2. The van der Waals surface area contributed by atoms with E-state index in [1.807, 2.05) is 37.3 Å². The zero-order chi connectivity index (χ0) is 30.2. The third kappa shape index (κ3) is 8.05. The smallest absolute Gasteiger partial charge is 0.364 e. The topological polar surface area (TPSA) is 204 Å². The number of aliphatic hydroxyl groups is 3. The summed E-state index contributed by atoms with van der Waals surface area (Å²) in [6.07, 6.45) is -6.67. The third-order valence-electron chi connectivity index (χ3n) is 6.68. The van der Waals surface area contributed by atoms with Crippen molar-refractivity contribution in [2.75, 3.05) is 35.3 Å². The van der Waals surface area contributed by atoms with Gasteiger partial charge in [0.15, 0.2) is 0 Å². The SMILES string of the molecule is CCSCCCO[C@]1(C(=O)O)CC(O)[C@@H](NC(C)=O)[C@H](C(O)[C@H](O)CNc2c(NCc3ccccc3)c(=O)c2=O)O1. The van der Waals surface area contributed by atoms with Crippen molar-refractivity contribution >= 4 is 35.0 Å². The number of thioether (sulfide) groups is 1. The van der Waals surface area contributed by atoms with E-state index >= 15 is 0 Å². The molecule has 14 heteroatoms. The number of ether oxygens (including phenoxy) is 2. The van der Waals surface area contributed by atoms with Crippen molar-refractivity contribution in [1.29, 1.82) is 0 Å². The van der Waals surface area contributed by atoms with Crippen molar-refractivity contribution in [2.45, 2.75) is 69.5 Å². The highest BCUT2D eigenvalue weighted by atomic mass is 32.2. The lowest BCUT2D eigenvalue weighted by molar-refractivity contribution is -0.310. The summed E-state index contributed by atoms with van der Waals surface area (Å²) in [4.78, 5) is 48.3. The first-order chi connectivity index (χ1) is 19.5. The van der Waals surface area contributed by atoms with E-state index in [1.165, 1.54) is 6.92 Å². The summed E-state index contributed by atoms with van der Waals surface area (Å²) in [6, 6.07) is 7.87. The van der Waals surface area contributed by atoms with Crippen LogP contribution in [0.1, 0.15) is 32.3 Å². The normalized spacial score (nSPS) is 24.0. The molecule has 1 aliphatic rings. The number of amides is 1. The van der Waals surface area contributed by atoms with E-state index in [9.17, 15) is 39.6 Å². The molecule has 2 unspecified atom stereocenters. The number of carbonyl (C=O) groups is 2. The number of anilines is 2. The van der Waals surface area contributed by atoms with E-state index in [4.69, 9.17) is 9.47 Å². The fraction of sp³-hybridized carbons (Fsp3) is 0.556. The minimum atomic E-state index is -2.34.